The van der Waals surface area contributed by atoms with Crippen LogP contribution in [0.1, 0.15) is 13.3 Å². The van der Waals surface area contributed by atoms with E-state index in [1.165, 1.54) is 17.0 Å². The van der Waals surface area contributed by atoms with Gasteiger partial charge >= 0.3 is 14.5 Å². The molecule has 56 valence electrons. The summed E-state index contributed by atoms with van der Waals surface area (Å²) in [6.45, 7) is 6.96. The highest BCUT2D eigenvalue weighted by Crippen LogP contribution is 2.19. The highest BCUT2D eigenvalue weighted by atomic mass is 27.2. The lowest BCUT2D eigenvalue weighted by Gasteiger charge is -2.23. The molecule has 1 fully saturated rings. The van der Waals surface area contributed by atoms with Crippen molar-refractivity contribution in [3.8, 4) is 0 Å². The fourth-order valence-corrected chi connectivity index (χ4v) is 3.46. The Morgan fingerprint density at radius 1 is 1.80 bits per heavy atom. The van der Waals surface area contributed by atoms with Crippen molar-refractivity contribution in [1.29, 1.82) is 0 Å². The molecule has 0 N–H and O–H groups in total. The van der Waals surface area contributed by atoms with Crippen LogP contribution in [0.3, 0.4) is 0 Å². The van der Waals surface area contributed by atoms with Crippen LogP contribution in [0, 0.1) is 5.92 Å². The summed E-state index contributed by atoms with van der Waals surface area (Å²) in [6, 6.07) is 0. The summed E-state index contributed by atoms with van der Waals surface area (Å²) in [4.78, 5) is 0. The highest BCUT2D eigenvalue weighted by Gasteiger charge is 2.24. The molecule has 0 aromatic rings. The van der Waals surface area contributed by atoms with Gasteiger partial charge in [0, 0.05) is 6.61 Å². The van der Waals surface area contributed by atoms with Gasteiger partial charge in [0.05, 0.1) is 0 Å². The lowest BCUT2D eigenvalue weighted by Crippen LogP contribution is -2.27. The van der Waals surface area contributed by atoms with E-state index in [-0.39, 0.29) is 0 Å². The van der Waals surface area contributed by atoms with Crippen molar-refractivity contribution >= 4 is 14.5 Å². The van der Waals surface area contributed by atoms with Gasteiger partial charge in [-0.2, -0.15) is 0 Å². The van der Waals surface area contributed by atoms with Gasteiger partial charge in [-0.05, 0) is 5.92 Å². The summed E-state index contributed by atoms with van der Waals surface area (Å²) in [7, 11) is 0. The highest BCUT2D eigenvalue weighted by molar-refractivity contribution is 6.51. The molecule has 0 amide bonds. The second kappa shape index (κ2) is 4.18. The molecule has 1 nitrogen and oxygen atoms in total. The van der Waals surface area contributed by atoms with Gasteiger partial charge in [0.15, 0.2) is 0 Å². The zero-order chi connectivity index (χ0) is 7.40. The smallest absolute Gasteiger partial charge is 0.460 e. The molecule has 1 saturated heterocycles. The maximum atomic E-state index is 5.70. The predicted octanol–water partition coefficient (Wildman–Crippen LogP) is 2.22. The first-order chi connectivity index (χ1) is 4.86. The second-order valence-corrected chi connectivity index (χ2v) is 5.91. The Morgan fingerprint density at radius 3 is 3.00 bits per heavy atom. The van der Waals surface area contributed by atoms with E-state index in [4.69, 9.17) is 3.79 Å². The van der Waals surface area contributed by atoms with Crippen LogP contribution in [-0.4, -0.2) is 21.1 Å². The molecule has 0 spiro atoms. The summed E-state index contributed by atoms with van der Waals surface area (Å²) in [5.74, 6) is 0.648. The minimum Gasteiger partial charge on any atom is -0.500 e. The number of hydrogen-bond donors (Lipinski definition) is 0. The van der Waals surface area contributed by atoms with Crippen LogP contribution in [0.2, 0.25) is 10.6 Å². The maximum Gasteiger partial charge on any atom is 0.460 e. The fourth-order valence-electron chi connectivity index (χ4n) is 1.33. The molecule has 1 aliphatic heterocycles. The minimum absolute atomic E-state index is 0.648. The van der Waals surface area contributed by atoms with Crippen LogP contribution in [0.25, 0.3) is 0 Å². The van der Waals surface area contributed by atoms with Gasteiger partial charge < -0.3 is 3.79 Å². The van der Waals surface area contributed by atoms with Crippen molar-refractivity contribution in [2.75, 3.05) is 6.61 Å². The van der Waals surface area contributed by atoms with Crippen LogP contribution in [0.15, 0.2) is 12.7 Å². The van der Waals surface area contributed by atoms with E-state index < -0.39 is 14.5 Å². The first-order valence-electron chi connectivity index (χ1n) is 4.11. The summed E-state index contributed by atoms with van der Waals surface area (Å²) in [5.41, 5.74) is 0. The third-order valence-electron chi connectivity index (χ3n) is 2.19. The van der Waals surface area contributed by atoms with Crippen LogP contribution in [0.4, 0.5) is 0 Å². The largest absolute Gasteiger partial charge is 0.500 e. The van der Waals surface area contributed by atoms with Crippen molar-refractivity contribution in [3.05, 3.63) is 12.7 Å². The average Bonchev–Trinajstić information content (AvgIpc) is 2.05. The Hall–Kier alpha value is 0.232. The van der Waals surface area contributed by atoms with Gasteiger partial charge in [-0.15, -0.1) is 6.58 Å². The van der Waals surface area contributed by atoms with Crippen molar-refractivity contribution in [2.45, 2.75) is 23.9 Å². The molecular weight excluding hydrogens is 139 g/mol. The van der Waals surface area contributed by atoms with E-state index in [0.717, 1.165) is 6.61 Å². The third kappa shape index (κ3) is 2.13. The summed E-state index contributed by atoms with van der Waals surface area (Å²) in [5, 5.41) is 2.65. The summed E-state index contributed by atoms with van der Waals surface area (Å²) >= 11 is -0.706. The number of hydrogen-bond acceptors (Lipinski definition) is 1. The van der Waals surface area contributed by atoms with E-state index in [1.807, 2.05) is 6.08 Å². The van der Waals surface area contributed by atoms with Crippen molar-refractivity contribution < 1.29 is 3.79 Å². The topological polar surface area (TPSA) is 9.23 Å². The second-order valence-electron chi connectivity index (χ2n) is 2.94. The Labute approximate surface area is 67.8 Å². The molecular formula is C8H15AlO. The Morgan fingerprint density at radius 2 is 2.60 bits per heavy atom. The molecule has 10 heavy (non-hydrogen) atoms. The Kier molecular flexibility index (Phi) is 3.48. The van der Waals surface area contributed by atoms with Crippen LogP contribution in [0.5, 0.6) is 0 Å². The van der Waals surface area contributed by atoms with E-state index in [9.17, 15) is 0 Å². The zero-order valence-electron chi connectivity index (χ0n) is 6.68. The SMILES string of the molecule is C=C[C@@H]1C[CH2][Al]([CH2]C)[O]C1. The fraction of sp³-hybridized carbons (Fsp3) is 0.750. The van der Waals surface area contributed by atoms with Gasteiger partial charge in [0.1, 0.15) is 0 Å². The van der Waals surface area contributed by atoms with Crippen LogP contribution >= 0.6 is 0 Å². The molecule has 0 saturated carbocycles. The summed E-state index contributed by atoms with van der Waals surface area (Å²) in [6.07, 6.45) is 3.36. The summed E-state index contributed by atoms with van der Waals surface area (Å²) < 4.78 is 5.70. The molecule has 0 aromatic heterocycles. The van der Waals surface area contributed by atoms with E-state index in [0.29, 0.717) is 5.92 Å². The van der Waals surface area contributed by atoms with Gasteiger partial charge in [0.2, 0.25) is 0 Å². The van der Waals surface area contributed by atoms with Crippen molar-refractivity contribution in [3.63, 3.8) is 0 Å². The first-order valence-corrected chi connectivity index (χ1v) is 6.21. The molecule has 0 bridgehead atoms. The lowest BCUT2D eigenvalue weighted by atomic mass is 10.1. The molecule has 0 unspecified atom stereocenters. The Bertz CT molecular complexity index is 106. The average molecular weight is 154 g/mol. The van der Waals surface area contributed by atoms with Gasteiger partial charge in [0.25, 0.3) is 0 Å². The molecule has 1 rings (SSSR count). The molecule has 0 aliphatic carbocycles. The predicted molar refractivity (Wildman–Crippen MR) is 45.3 cm³/mol. The van der Waals surface area contributed by atoms with Crippen LogP contribution < -0.4 is 0 Å². The normalized spacial score (nSPS) is 26.5. The quantitative estimate of drug-likeness (QED) is 0.437. The Balaban J connectivity index is 2.23. The minimum atomic E-state index is -0.706. The van der Waals surface area contributed by atoms with Crippen molar-refractivity contribution in [1.82, 2.24) is 0 Å². The monoisotopic (exact) mass is 154 g/mol. The third-order valence-corrected chi connectivity index (χ3v) is 4.75. The molecule has 0 aromatic carbocycles. The molecule has 1 heterocycles. The van der Waals surface area contributed by atoms with Gasteiger partial charge in [-0.1, -0.05) is 30.0 Å². The molecule has 0 radical (unpaired) electrons. The standard InChI is InChI=1S/C6H10O.C2H5.Al/c1-3-6(4-2)5-7;1-2;/h3,6H,1-2,4-5H2;1H2,2H3;/q-1;;+1/t6-;;/m1../s1. The van der Waals surface area contributed by atoms with E-state index in [2.05, 4.69) is 13.5 Å². The molecule has 1 atom stereocenters. The van der Waals surface area contributed by atoms with Gasteiger partial charge in [-0.3, -0.25) is 0 Å². The van der Waals surface area contributed by atoms with E-state index in [1.54, 1.807) is 0 Å². The first kappa shape index (κ1) is 8.33. The molecule has 2 heteroatoms. The van der Waals surface area contributed by atoms with Crippen molar-refractivity contribution in [2.24, 2.45) is 5.92 Å². The molecule has 1 aliphatic rings. The zero-order valence-corrected chi connectivity index (χ0v) is 7.83. The lowest BCUT2D eigenvalue weighted by molar-refractivity contribution is 0.246. The maximum absolute atomic E-state index is 5.70. The van der Waals surface area contributed by atoms with E-state index >= 15 is 0 Å². The van der Waals surface area contributed by atoms with Gasteiger partial charge in [-0.25, -0.2) is 0 Å². The van der Waals surface area contributed by atoms with Crippen LogP contribution in [-0.2, 0) is 3.79 Å². The number of rotatable bonds is 2.